The number of thiazole rings is 1. The Labute approximate surface area is 148 Å². The highest BCUT2D eigenvalue weighted by atomic mass is 35.5. The van der Waals surface area contributed by atoms with Gasteiger partial charge in [0.15, 0.2) is 5.13 Å². The van der Waals surface area contributed by atoms with Crippen molar-refractivity contribution in [2.75, 3.05) is 5.32 Å². The second kappa shape index (κ2) is 5.73. The Kier molecular flexibility index (Phi) is 3.96. The first-order chi connectivity index (χ1) is 10.7. The number of carbonyl (C=O) groups excluding carboxylic acids is 1. The van der Waals surface area contributed by atoms with Crippen LogP contribution in [0.15, 0.2) is 0 Å². The van der Waals surface area contributed by atoms with Gasteiger partial charge in [0.2, 0.25) is 5.91 Å². The lowest BCUT2D eigenvalue weighted by Gasteiger charge is -2.55. The lowest BCUT2D eigenvalue weighted by Crippen LogP contribution is -2.51. The van der Waals surface area contributed by atoms with Crippen LogP contribution in [-0.2, 0) is 17.6 Å². The number of fused-ring (bicyclic) bond motifs is 1. The van der Waals surface area contributed by atoms with Crippen molar-refractivity contribution in [1.82, 2.24) is 4.98 Å². The molecule has 4 fully saturated rings. The van der Waals surface area contributed by atoms with Crippen LogP contribution in [0.2, 0.25) is 0 Å². The van der Waals surface area contributed by atoms with Crippen LogP contribution in [0.4, 0.5) is 5.13 Å². The van der Waals surface area contributed by atoms with E-state index in [1.807, 2.05) is 0 Å². The molecule has 6 rings (SSSR count). The van der Waals surface area contributed by atoms with Crippen molar-refractivity contribution in [2.24, 2.45) is 23.2 Å². The minimum absolute atomic E-state index is 0. The molecule has 0 unspecified atom stereocenters. The molecule has 0 aromatic carbocycles. The van der Waals surface area contributed by atoms with Gasteiger partial charge < -0.3 is 5.32 Å². The SMILES string of the molecule is Cl.O=C(Nc1nc2c(s1)CCCC2)C12CC3CC(CC(C3)C1)C2. The summed E-state index contributed by atoms with van der Waals surface area (Å²) >= 11 is 1.72. The summed E-state index contributed by atoms with van der Waals surface area (Å²) < 4.78 is 0. The minimum Gasteiger partial charge on any atom is -0.301 e. The molecule has 1 aromatic rings. The fraction of sp³-hybridized carbons (Fsp3) is 0.778. The van der Waals surface area contributed by atoms with E-state index >= 15 is 0 Å². The molecule has 5 heteroatoms. The maximum atomic E-state index is 13.0. The highest BCUT2D eigenvalue weighted by Crippen LogP contribution is 2.60. The number of hydrogen-bond donors (Lipinski definition) is 1. The van der Waals surface area contributed by atoms with Gasteiger partial charge in [0, 0.05) is 4.88 Å². The monoisotopic (exact) mass is 352 g/mol. The van der Waals surface area contributed by atoms with Gasteiger partial charge in [-0.2, -0.15) is 0 Å². The normalized spacial score (nSPS) is 37.1. The van der Waals surface area contributed by atoms with Gasteiger partial charge in [-0.05, 0) is 82.0 Å². The molecule has 4 bridgehead atoms. The van der Waals surface area contributed by atoms with Crippen LogP contribution in [0.3, 0.4) is 0 Å². The summed E-state index contributed by atoms with van der Waals surface area (Å²) in [5, 5.41) is 4.09. The number of aromatic nitrogens is 1. The van der Waals surface area contributed by atoms with Crippen LogP contribution >= 0.6 is 23.7 Å². The second-order valence-corrected chi connectivity index (χ2v) is 9.33. The Morgan fingerprint density at radius 1 is 1.04 bits per heavy atom. The largest absolute Gasteiger partial charge is 0.301 e. The Morgan fingerprint density at radius 3 is 2.26 bits per heavy atom. The first-order valence-electron chi connectivity index (χ1n) is 9.00. The molecule has 1 aromatic heterocycles. The molecule has 1 heterocycles. The molecular formula is C18H25ClN2OS. The van der Waals surface area contributed by atoms with Gasteiger partial charge in [-0.15, -0.1) is 23.7 Å². The van der Waals surface area contributed by atoms with E-state index in [4.69, 9.17) is 4.98 Å². The molecule has 0 radical (unpaired) electrons. The van der Waals surface area contributed by atoms with E-state index in [1.165, 1.54) is 42.7 Å². The molecule has 126 valence electrons. The third kappa shape index (κ3) is 2.62. The van der Waals surface area contributed by atoms with Gasteiger partial charge >= 0.3 is 0 Å². The number of rotatable bonds is 2. The van der Waals surface area contributed by atoms with Crippen LogP contribution in [-0.4, -0.2) is 10.9 Å². The van der Waals surface area contributed by atoms with Crippen LogP contribution in [0.1, 0.15) is 61.9 Å². The quantitative estimate of drug-likeness (QED) is 0.845. The number of aryl methyl sites for hydroxylation is 2. The van der Waals surface area contributed by atoms with Crippen LogP contribution in [0.25, 0.3) is 0 Å². The van der Waals surface area contributed by atoms with Crippen molar-refractivity contribution in [3.05, 3.63) is 10.6 Å². The van der Waals surface area contributed by atoms with Crippen molar-refractivity contribution in [1.29, 1.82) is 0 Å². The molecule has 0 atom stereocenters. The van der Waals surface area contributed by atoms with E-state index < -0.39 is 0 Å². The maximum absolute atomic E-state index is 13.0. The zero-order valence-electron chi connectivity index (χ0n) is 13.5. The standard InChI is InChI=1S/C18H24N2OS.ClH/c21-16(20-17-19-14-3-1-2-4-15(14)22-17)18-8-11-5-12(9-18)7-13(6-11)10-18;/h11-13H,1-10H2,(H,19,20,21);1H. The van der Waals surface area contributed by atoms with Crippen molar-refractivity contribution in [3.8, 4) is 0 Å². The highest BCUT2D eigenvalue weighted by molar-refractivity contribution is 7.15. The predicted molar refractivity (Wildman–Crippen MR) is 95.2 cm³/mol. The molecule has 23 heavy (non-hydrogen) atoms. The summed E-state index contributed by atoms with van der Waals surface area (Å²) in [6.45, 7) is 0. The lowest BCUT2D eigenvalue weighted by molar-refractivity contribution is -0.140. The summed E-state index contributed by atoms with van der Waals surface area (Å²) in [6, 6.07) is 0. The van der Waals surface area contributed by atoms with Crippen LogP contribution < -0.4 is 5.32 Å². The zero-order chi connectivity index (χ0) is 14.7. The van der Waals surface area contributed by atoms with E-state index in [0.29, 0.717) is 0 Å². The molecule has 3 nitrogen and oxygen atoms in total. The lowest BCUT2D eigenvalue weighted by atomic mass is 9.49. The molecule has 0 aliphatic heterocycles. The average molecular weight is 353 g/mol. The first-order valence-corrected chi connectivity index (χ1v) is 9.82. The number of hydrogen-bond acceptors (Lipinski definition) is 3. The molecule has 0 spiro atoms. The molecule has 0 saturated heterocycles. The smallest absolute Gasteiger partial charge is 0.232 e. The van der Waals surface area contributed by atoms with Gasteiger partial charge in [0.1, 0.15) is 0 Å². The summed E-state index contributed by atoms with van der Waals surface area (Å²) in [5.74, 6) is 2.75. The summed E-state index contributed by atoms with van der Waals surface area (Å²) in [4.78, 5) is 19.1. The van der Waals surface area contributed by atoms with Gasteiger partial charge in [-0.25, -0.2) is 4.98 Å². The molecule has 1 amide bonds. The summed E-state index contributed by atoms with van der Waals surface area (Å²) in [7, 11) is 0. The van der Waals surface area contributed by atoms with E-state index in [2.05, 4.69) is 5.32 Å². The average Bonchev–Trinajstić information content (AvgIpc) is 2.88. The number of nitrogens with zero attached hydrogens (tertiary/aromatic N) is 1. The number of anilines is 1. The minimum atomic E-state index is -0.0546. The molecule has 1 N–H and O–H groups in total. The zero-order valence-corrected chi connectivity index (χ0v) is 15.1. The van der Waals surface area contributed by atoms with Crippen molar-refractivity contribution >= 4 is 34.8 Å². The summed E-state index contributed by atoms with van der Waals surface area (Å²) in [5.41, 5.74) is 1.19. The number of halogens is 1. The van der Waals surface area contributed by atoms with Gasteiger partial charge in [-0.3, -0.25) is 4.79 Å². The first kappa shape index (κ1) is 15.9. The van der Waals surface area contributed by atoms with Crippen LogP contribution in [0, 0.1) is 23.2 Å². The maximum Gasteiger partial charge on any atom is 0.232 e. The van der Waals surface area contributed by atoms with Crippen molar-refractivity contribution < 1.29 is 4.79 Å². The van der Waals surface area contributed by atoms with Gasteiger partial charge in [0.25, 0.3) is 0 Å². The van der Waals surface area contributed by atoms with Crippen LogP contribution in [0.5, 0.6) is 0 Å². The van der Waals surface area contributed by atoms with E-state index in [1.54, 1.807) is 11.3 Å². The highest BCUT2D eigenvalue weighted by Gasteiger charge is 2.54. The predicted octanol–water partition coefficient (Wildman–Crippen LogP) is 4.60. The fourth-order valence-electron chi connectivity index (χ4n) is 6.02. The fourth-order valence-corrected chi connectivity index (χ4v) is 7.07. The third-order valence-corrected chi connectivity index (χ3v) is 7.66. The van der Waals surface area contributed by atoms with Crippen molar-refractivity contribution in [3.63, 3.8) is 0 Å². The number of nitrogens with one attached hydrogen (secondary N) is 1. The molecular weight excluding hydrogens is 328 g/mol. The molecule has 4 saturated carbocycles. The van der Waals surface area contributed by atoms with Gasteiger partial charge in [-0.1, -0.05) is 0 Å². The Bertz CT molecular complexity index is 568. The third-order valence-electron chi connectivity index (χ3n) is 6.59. The second-order valence-electron chi connectivity index (χ2n) is 8.25. The molecule has 5 aliphatic rings. The Balaban J connectivity index is 0.00000135. The van der Waals surface area contributed by atoms with Gasteiger partial charge in [0.05, 0.1) is 11.1 Å². The molecule has 5 aliphatic carbocycles. The Hall–Kier alpha value is -0.610. The van der Waals surface area contributed by atoms with Crippen molar-refractivity contribution in [2.45, 2.75) is 64.2 Å². The van der Waals surface area contributed by atoms with E-state index in [-0.39, 0.29) is 23.7 Å². The topological polar surface area (TPSA) is 42.0 Å². The number of carbonyl (C=O) groups is 1. The summed E-state index contributed by atoms with van der Waals surface area (Å²) in [6.07, 6.45) is 12.3. The number of amides is 1. The van der Waals surface area contributed by atoms with E-state index in [0.717, 1.165) is 55.0 Å². The van der Waals surface area contributed by atoms with E-state index in [9.17, 15) is 4.79 Å². The Morgan fingerprint density at radius 2 is 1.65 bits per heavy atom.